The molecule has 0 aliphatic rings. The number of ether oxygens (including phenoxy) is 1. The Labute approximate surface area is 121 Å². The van der Waals surface area contributed by atoms with Crippen molar-refractivity contribution in [3.05, 3.63) is 28.1 Å². The number of hydrogen-bond acceptors (Lipinski definition) is 6. The summed E-state index contributed by atoms with van der Waals surface area (Å²) in [6, 6.07) is 1.48. The second-order valence-corrected chi connectivity index (χ2v) is 5.78. The van der Waals surface area contributed by atoms with Crippen molar-refractivity contribution in [1.29, 1.82) is 0 Å². The fourth-order valence-corrected chi connectivity index (χ4v) is 2.68. The van der Waals surface area contributed by atoms with Crippen LogP contribution in [0.25, 0.3) is 11.2 Å². The summed E-state index contributed by atoms with van der Waals surface area (Å²) in [4.78, 5) is 13.9. The molecule has 0 aromatic carbocycles. The first kappa shape index (κ1) is 15.0. The second kappa shape index (κ2) is 6.85. The van der Waals surface area contributed by atoms with Crippen LogP contribution in [0, 0.1) is 6.92 Å². The van der Waals surface area contributed by atoms with E-state index in [2.05, 4.69) is 0 Å². The highest BCUT2D eigenvalue weighted by Gasteiger charge is 2.13. The zero-order chi connectivity index (χ0) is 14.5. The summed E-state index contributed by atoms with van der Waals surface area (Å²) in [5.41, 5.74) is 1.51. The molecule has 0 fully saturated rings. The molecule has 2 rings (SSSR count). The molecule has 0 spiro atoms. The normalized spacial score (nSPS) is 11.2. The van der Waals surface area contributed by atoms with Gasteiger partial charge >= 0.3 is 0 Å². The van der Waals surface area contributed by atoms with Crippen molar-refractivity contribution in [3.8, 4) is 0 Å². The number of aryl methyl sites for hydroxylation is 1. The van der Waals surface area contributed by atoms with Crippen LogP contribution < -0.4 is 10.3 Å². The Morgan fingerprint density at radius 3 is 2.90 bits per heavy atom. The number of nitrogens with zero attached hydrogens (tertiary/aromatic N) is 1. The summed E-state index contributed by atoms with van der Waals surface area (Å²) < 4.78 is 15.9. The third-order valence-electron chi connectivity index (χ3n) is 2.98. The molecule has 5 nitrogen and oxygen atoms in total. The molecule has 0 aliphatic heterocycles. The summed E-state index contributed by atoms with van der Waals surface area (Å²) in [7, 11) is 3.61. The summed E-state index contributed by atoms with van der Waals surface area (Å²) in [5.74, 6) is 2.49. The summed E-state index contributed by atoms with van der Waals surface area (Å²) >= 11 is 1.81. The predicted octanol–water partition coefficient (Wildman–Crippen LogP) is 2.51. The van der Waals surface area contributed by atoms with Gasteiger partial charge in [-0.2, -0.15) is 11.8 Å². The molecule has 110 valence electrons. The van der Waals surface area contributed by atoms with Crippen LogP contribution in [0.1, 0.15) is 5.56 Å². The highest BCUT2D eigenvalue weighted by Crippen LogP contribution is 2.22. The molecular formula is C14H19NO4S. The third-order valence-corrected chi connectivity index (χ3v) is 3.91. The summed E-state index contributed by atoms with van der Waals surface area (Å²) in [5, 5.41) is 0. The van der Waals surface area contributed by atoms with E-state index in [9.17, 15) is 4.79 Å². The molecule has 2 aromatic rings. The van der Waals surface area contributed by atoms with Crippen LogP contribution in [0.2, 0.25) is 0 Å². The maximum atomic E-state index is 11.9. The van der Waals surface area contributed by atoms with E-state index in [1.807, 2.05) is 30.6 Å². The molecular weight excluding hydrogens is 278 g/mol. The standard InChI is InChI=1S/C14H19NO4S/c1-10-9-18-14-11(16)8-12(19-13(10)14)15(2)4-6-20-7-5-17-3/h8-9H,4-7H2,1-3H3. The van der Waals surface area contributed by atoms with Gasteiger partial charge < -0.3 is 18.5 Å². The van der Waals surface area contributed by atoms with Crippen LogP contribution in [-0.2, 0) is 4.74 Å². The molecule has 0 atom stereocenters. The fraction of sp³-hybridized carbons (Fsp3) is 0.500. The molecule has 0 saturated heterocycles. The Balaban J connectivity index is 2.04. The van der Waals surface area contributed by atoms with Gasteiger partial charge in [-0.05, 0) is 6.92 Å². The molecule has 20 heavy (non-hydrogen) atoms. The number of fused-ring (bicyclic) bond motifs is 1. The van der Waals surface area contributed by atoms with Crippen LogP contribution >= 0.6 is 11.8 Å². The van der Waals surface area contributed by atoms with Gasteiger partial charge in [-0.25, -0.2) is 0 Å². The summed E-state index contributed by atoms with van der Waals surface area (Å²) in [6.07, 6.45) is 1.54. The largest absolute Gasteiger partial charge is 0.456 e. The lowest BCUT2D eigenvalue weighted by atomic mass is 10.3. The minimum absolute atomic E-state index is 0.145. The van der Waals surface area contributed by atoms with Gasteiger partial charge in [0.1, 0.15) is 0 Å². The van der Waals surface area contributed by atoms with E-state index >= 15 is 0 Å². The average Bonchev–Trinajstić information content (AvgIpc) is 2.81. The van der Waals surface area contributed by atoms with Crippen LogP contribution in [0.3, 0.4) is 0 Å². The topological polar surface area (TPSA) is 55.8 Å². The first-order valence-electron chi connectivity index (χ1n) is 6.43. The highest BCUT2D eigenvalue weighted by molar-refractivity contribution is 7.99. The first-order valence-corrected chi connectivity index (χ1v) is 7.58. The van der Waals surface area contributed by atoms with Gasteiger partial charge in [0.05, 0.1) is 18.9 Å². The zero-order valence-electron chi connectivity index (χ0n) is 12.0. The first-order chi connectivity index (χ1) is 9.63. The van der Waals surface area contributed by atoms with Crippen molar-refractivity contribution in [2.24, 2.45) is 0 Å². The number of anilines is 1. The van der Waals surface area contributed by atoms with E-state index < -0.39 is 0 Å². The molecule has 0 unspecified atom stereocenters. The number of methoxy groups -OCH3 is 1. The third kappa shape index (κ3) is 3.37. The van der Waals surface area contributed by atoms with E-state index in [-0.39, 0.29) is 11.0 Å². The average molecular weight is 297 g/mol. The van der Waals surface area contributed by atoms with Crippen molar-refractivity contribution in [2.75, 3.05) is 43.7 Å². The summed E-state index contributed by atoms with van der Waals surface area (Å²) in [6.45, 7) is 3.42. The van der Waals surface area contributed by atoms with Gasteiger partial charge in [0.25, 0.3) is 0 Å². The van der Waals surface area contributed by atoms with Crippen LogP contribution in [0.15, 0.2) is 26.0 Å². The van der Waals surface area contributed by atoms with Crippen molar-refractivity contribution in [1.82, 2.24) is 0 Å². The Morgan fingerprint density at radius 1 is 1.35 bits per heavy atom. The minimum Gasteiger partial charge on any atom is -0.456 e. The molecule has 0 N–H and O–H groups in total. The Bertz CT molecular complexity index is 619. The lowest BCUT2D eigenvalue weighted by Crippen LogP contribution is -2.21. The molecule has 0 aliphatic carbocycles. The van der Waals surface area contributed by atoms with Crippen LogP contribution in [0.4, 0.5) is 5.88 Å². The van der Waals surface area contributed by atoms with Gasteiger partial charge in [0.15, 0.2) is 11.5 Å². The predicted molar refractivity (Wildman–Crippen MR) is 82.0 cm³/mol. The van der Waals surface area contributed by atoms with Crippen molar-refractivity contribution < 1.29 is 13.6 Å². The van der Waals surface area contributed by atoms with E-state index in [0.29, 0.717) is 11.5 Å². The van der Waals surface area contributed by atoms with Gasteiger partial charge in [-0.15, -0.1) is 0 Å². The number of hydrogen-bond donors (Lipinski definition) is 0. The SMILES string of the molecule is COCCSCCN(C)c1cc(=O)c2occ(C)c2o1. The lowest BCUT2D eigenvalue weighted by molar-refractivity contribution is 0.218. The van der Waals surface area contributed by atoms with Gasteiger partial charge in [0, 0.05) is 37.8 Å². The quantitative estimate of drug-likeness (QED) is 0.732. The van der Waals surface area contributed by atoms with E-state index in [4.69, 9.17) is 13.6 Å². The minimum atomic E-state index is -0.145. The molecule has 2 aromatic heterocycles. The fourth-order valence-electron chi connectivity index (χ4n) is 1.79. The van der Waals surface area contributed by atoms with E-state index in [1.54, 1.807) is 13.4 Å². The van der Waals surface area contributed by atoms with Crippen LogP contribution in [-0.4, -0.2) is 38.8 Å². The maximum absolute atomic E-state index is 11.9. The number of furan rings is 1. The van der Waals surface area contributed by atoms with Gasteiger partial charge in [-0.3, -0.25) is 4.79 Å². The molecule has 0 amide bonds. The van der Waals surface area contributed by atoms with Crippen molar-refractivity contribution in [3.63, 3.8) is 0 Å². The van der Waals surface area contributed by atoms with E-state index in [1.165, 1.54) is 6.07 Å². The van der Waals surface area contributed by atoms with Gasteiger partial charge in [0.2, 0.25) is 11.0 Å². The Morgan fingerprint density at radius 2 is 2.15 bits per heavy atom. The number of thioether (sulfide) groups is 1. The lowest BCUT2D eigenvalue weighted by Gasteiger charge is -2.16. The monoisotopic (exact) mass is 297 g/mol. The Kier molecular flexibility index (Phi) is 5.14. The molecule has 6 heteroatoms. The van der Waals surface area contributed by atoms with Crippen molar-refractivity contribution in [2.45, 2.75) is 6.92 Å². The molecule has 2 heterocycles. The van der Waals surface area contributed by atoms with Crippen LogP contribution in [0.5, 0.6) is 0 Å². The molecule has 0 saturated carbocycles. The zero-order valence-corrected chi connectivity index (χ0v) is 12.8. The smallest absolute Gasteiger partial charge is 0.230 e. The van der Waals surface area contributed by atoms with Gasteiger partial charge in [-0.1, -0.05) is 0 Å². The molecule has 0 bridgehead atoms. The highest BCUT2D eigenvalue weighted by atomic mass is 32.2. The number of rotatable bonds is 7. The molecule has 0 radical (unpaired) electrons. The maximum Gasteiger partial charge on any atom is 0.230 e. The second-order valence-electron chi connectivity index (χ2n) is 4.55. The van der Waals surface area contributed by atoms with Crippen molar-refractivity contribution >= 4 is 28.8 Å². The Hall–Kier alpha value is -1.40. The van der Waals surface area contributed by atoms with E-state index in [0.717, 1.165) is 30.2 Å².